The van der Waals surface area contributed by atoms with Crippen LogP contribution in [0.2, 0.25) is 0 Å². The summed E-state index contributed by atoms with van der Waals surface area (Å²) >= 11 is 0. The lowest BCUT2D eigenvalue weighted by Crippen LogP contribution is -2.45. The Hall–Kier alpha value is -0.0600. The van der Waals surface area contributed by atoms with Gasteiger partial charge in [-0.25, -0.2) is 4.31 Å². The first-order valence-electron chi connectivity index (χ1n) is 7.99. The predicted octanol–water partition coefficient (Wildman–Crippen LogP) is 3.49. The van der Waals surface area contributed by atoms with Crippen molar-refractivity contribution in [2.75, 3.05) is 27.2 Å². The van der Waals surface area contributed by atoms with Crippen molar-refractivity contribution in [3.63, 3.8) is 0 Å². The van der Waals surface area contributed by atoms with E-state index in [9.17, 15) is 4.21 Å². The van der Waals surface area contributed by atoms with Crippen LogP contribution in [0.25, 0.3) is 0 Å². The second-order valence-electron chi connectivity index (χ2n) is 8.41. The zero-order chi connectivity index (χ0) is 17.1. The van der Waals surface area contributed by atoms with E-state index >= 15 is 0 Å². The molecule has 1 unspecified atom stereocenters. The summed E-state index contributed by atoms with van der Waals surface area (Å²) in [7, 11) is 1.50. The van der Waals surface area contributed by atoms with Crippen molar-refractivity contribution in [2.24, 2.45) is 5.92 Å². The number of nitrogens with zero attached hydrogens (tertiary/aromatic N) is 2. The van der Waals surface area contributed by atoms with Crippen molar-refractivity contribution in [1.82, 2.24) is 9.21 Å². The average Bonchev–Trinajstić information content (AvgIpc) is 2.27. The van der Waals surface area contributed by atoms with Gasteiger partial charge in [-0.3, -0.25) is 9.11 Å². The Kier molecular flexibility index (Phi) is 7.45. The molecule has 0 aliphatic carbocycles. The van der Waals surface area contributed by atoms with Gasteiger partial charge in [-0.15, -0.1) is 0 Å². The second-order valence-corrected chi connectivity index (χ2v) is 11.6. The van der Waals surface area contributed by atoms with Crippen LogP contribution in [0.5, 0.6) is 0 Å². The smallest absolute Gasteiger partial charge is 0.0430 e. The summed E-state index contributed by atoms with van der Waals surface area (Å²) in [5, 5.41) is 0. The summed E-state index contributed by atoms with van der Waals surface area (Å²) in [5.41, 5.74) is 0.389. The molecule has 128 valence electrons. The monoisotopic (exact) mass is 318 g/mol. The predicted molar refractivity (Wildman–Crippen MR) is 98.4 cm³/mol. The van der Waals surface area contributed by atoms with Crippen LogP contribution in [0, 0.1) is 5.92 Å². The number of likely N-dealkylation sites (tertiary alicyclic amines) is 1. The fraction of sp³-hybridized carbons (Fsp3) is 0.941. The summed E-state index contributed by atoms with van der Waals surface area (Å²) in [6, 6.07) is 0. The Bertz CT molecular complexity index is 391. The molecule has 1 aliphatic heterocycles. The number of rotatable bonds is 1. The molecule has 0 N–H and O–H groups in total. The molecule has 1 atom stereocenters. The molecule has 4 heteroatoms. The average molecular weight is 319 g/mol. The minimum Gasteiger partial charge on any atom is -0.298 e. The maximum absolute atomic E-state index is 11.7. The molecule has 1 fully saturated rings. The highest BCUT2D eigenvalue weighted by atomic mass is 32.2. The highest BCUT2D eigenvalue weighted by molar-refractivity contribution is 7.99. The SMILES string of the molecule is C=S(=O)(N(C)C)C(C)(C)C.CC1CCN(C(C)(C)C)CC1. The van der Waals surface area contributed by atoms with Crippen molar-refractivity contribution >= 4 is 15.6 Å². The van der Waals surface area contributed by atoms with Gasteiger partial charge in [-0.2, -0.15) is 0 Å². The van der Waals surface area contributed by atoms with Crippen LogP contribution >= 0.6 is 0 Å². The van der Waals surface area contributed by atoms with Gasteiger partial charge in [0.25, 0.3) is 0 Å². The van der Waals surface area contributed by atoms with E-state index < -0.39 is 9.71 Å². The molecule has 0 aromatic heterocycles. The largest absolute Gasteiger partial charge is 0.298 e. The lowest BCUT2D eigenvalue weighted by atomic mass is 9.95. The molecule has 1 rings (SSSR count). The van der Waals surface area contributed by atoms with Crippen LogP contribution in [-0.4, -0.2) is 56.8 Å². The summed E-state index contributed by atoms with van der Waals surface area (Å²) in [5.74, 6) is 4.65. The van der Waals surface area contributed by atoms with Crippen LogP contribution < -0.4 is 0 Å². The van der Waals surface area contributed by atoms with E-state index in [4.69, 9.17) is 0 Å². The molecule has 21 heavy (non-hydrogen) atoms. The summed E-state index contributed by atoms with van der Waals surface area (Å²) < 4.78 is 13.2. The normalized spacial score (nSPS) is 21.6. The zero-order valence-corrected chi connectivity index (χ0v) is 16.6. The number of hydrogen-bond donors (Lipinski definition) is 0. The molecule has 3 nitrogen and oxygen atoms in total. The molecular weight excluding hydrogens is 280 g/mol. The van der Waals surface area contributed by atoms with Gasteiger partial charge >= 0.3 is 0 Å². The number of piperidine rings is 1. The first-order chi connectivity index (χ1) is 9.19. The van der Waals surface area contributed by atoms with Crippen molar-refractivity contribution in [3.05, 3.63) is 0 Å². The summed E-state index contributed by atoms with van der Waals surface area (Å²) in [6.45, 7) is 17.7. The van der Waals surface area contributed by atoms with E-state index in [-0.39, 0.29) is 4.75 Å². The van der Waals surface area contributed by atoms with Crippen molar-refractivity contribution < 1.29 is 4.21 Å². The quantitative estimate of drug-likeness (QED) is 0.691. The molecule has 1 aliphatic rings. The molecule has 0 aromatic carbocycles. The van der Waals surface area contributed by atoms with E-state index in [2.05, 4.69) is 38.5 Å². The minimum atomic E-state index is -2.08. The molecule has 0 bridgehead atoms. The third-order valence-corrected chi connectivity index (χ3v) is 7.37. The van der Waals surface area contributed by atoms with Crippen LogP contribution in [0.1, 0.15) is 61.3 Å². The Labute approximate surface area is 134 Å². The zero-order valence-electron chi connectivity index (χ0n) is 15.8. The standard InChI is InChI=1S/C10H21N.C7H17NOS/c1-9-5-7-11(8-6-9)10(2,3)4;1-7(2,3)10(6,9)8(4)5/h9H,5-8H2,1-4H3;6H2,1-5H3. The molecule has 1 heterocycles. The third kappa shape index (κ3) is 6.70. The minimum absolute atomic E-state index is 0.240. The topological polar surface area (TPSA) is 23.6 Å². The van der Waals surface area contributed by atoms with Crippen molar-refractivity contribution in [2.45, 2.75) is 71.6 Å². The second kappa shape index (κ2) is 7.47. The first kappa shape index (κ1) is 20.9. The van der Waals surface area contributed by atoms with E-state index in [0.29, 0.717) is 5.54 Å². The molecule has 0 saturated carbocycles. The summed E-state index contributed by atoms with van der Waals surface area (Å²) in [6.07, 6.45) is 2.77. The lowest BCUT2D eigenvalue weighted by molar-refractivity contribution is 0.0916. The van der Waals surface area contributed by atoms with Gasteiger partial charge in [0.2, 0.25) is 0 Å². The van der Waals surface area contributed by atoms with E-state index in [1.165, 1.54) is 25.9 Å². The molecule has 0 spiro atoms. The Morgan fingerprint density at radius 3 is 1.62 bits per heavy atom. The molecule has 0 amide bonds. The molecule has 0 radical (unpaired) electrons. The van der Waals surface area contributed by atoms with Gasteiger partial charge in [0.1, 0.15) is 0 Å². The van der Waals surface area contributed by atoms with E-state index in [1.807, 2.05) is 20.8 Å². The van der Waals surface area contributed by atoms with Crippen molar-refractivity contribution in [3.8, 4) is 0 Å². The van der Waals surface area contributed by atoms with Gasteiger partial charge in [0.15, 0.2) is 0 Å². The third-order valence-electron chi connectivity index (χ3n) is 4.28. The number of hydrogen-bond acceptors (Lipinski definition) is 2. The maximum Gasteiger partial charge on any atom is 0.0430 e. The Morgan fingerprint density at radius 1 is 1.05 bits per heavy atom. The fourth-order valence-corrected chi connectivity index (χ4v) is 3.32. The van der Waals surface area contributed by atoms with Crippen LogP contribution in [-0.2, 0) is 9.71 Å². The molecule has 1 saturated heterocycles. The van der Waals surface area contributed by atoms with E-state index in [1.54, 1.807) is 18.4 Å². The maximum atomic E-state index is 11.7. The Balaban J connectivity index is 0.000000384. The highest BCUT2D eigenvalue weighted by Crippen LogP contribution is 2.22. The van der Waals surface area contributed by atoms with Gasteiger partial charge in [0.05, 0.1) is 0 Å². The van der Waals surface area contributed by atoms with E-state index in [0.717, 1.165) is 5.92 Å². The van der Waals surface area contributed by atoms with Gasteiger partial charge in [0, 0.05) is 20.0 Å². The van der Waals surface area contributed by atoms with Gasteiger partial charge in [-0.1, -0.05) is 6.92 Å². The lowest BCUT2D eigenvalue weighted by Gasteiger charge is -2.40. The van der Waals surface area contributed by atoms with Crippen LogP contribution in [0.4, 0.5) is 0 Å². The van der Waals surface area contributed by atoms with Gasteiger partial charge < -0.3 is 0 Å². The molecular formula is C17H38N2OS. The molecule has 0 aromatic rings. The van der Waals surface area contributed by atoms with Gasteiger partial charge in [-0.05, 0) is 93.4 Å². The van der Waals surface area contributed by atoms with Crippen molar-refractivity contribution in [1.29, 1.82) is 0 Å². The Morgan fingerprint density at radius 2 is 1.43 bits per heavy atom. The van der Waals surface area contributed by atoms with Crippen LogP contribution in [0.15, 0.2) is 0 Å². The fourth-order valence-electron chi connectivity index (χ4n) is 2.23. The summed E-state index contributed by atoms with van der Waals surface area (Å²) in [4.78, 5) is 2.59. The first-order valence-corrected chi connectivity index (χ1v) is 9.67. The van der Waals surface area contributed by atoms with Crippen LogP contribution in [0.3, 0.4) is 0 Å². The highest BCUT2D eigenvalue weighted by Gasteiger charge is 2.25.